The molecule has 2 N–H and O–H groups in total. The minimum Gasteiger partial charge on any atom is -0.477 e. The predicted octanol–water partition coefficient (Wildman–Crippen LogP) is 2.16. The van der Waals surface area contributed by atoms with E-state index in [0.717, 1.165) is 11.3 Å². The first kappa shape index (κ1) is 17.1. The van der Waals surface area contributed by atoms with Crippen molar-refractivity contribution < 1.29 is 24.3 Å². The maximum Gasteiger partial charge on any atom is 0.493 e. The zero-order chi connectivity index (χ0) is 16.7. The number of rotatable bonds is 4. The number of aromatic nitrogens is 1. The van der Waals surface area contributed by atoms with Gasteiger partial charge in [0, 0.05) is 0 Å². The smallest absolute Gasteiger partial charge is 0.477 e. The van der Waals surface area contributed by atoms with Crippen LogP contribution in [-0.2, 0) is 9.31 Å². The van der Waals surface area contributed by atoms with Crippen molar-refractivity contribution in [3.63, 3.8) is 0 Å². The number of aromatic carboxylic acids is 1. The quantitative estimate of drug-likeness (QED) is 0.825. The van der Waals surface area contributed by atoms with Crippen molar-refractivity contribution in [3.8, 4) is 0 Å². The Labute approximate surface area is 133 Å². The van der Waals surface area contributed by atoms with E-state index in [-0.39, 0.29) is 11.5 Å². The van der Waals surface area contributed by atoms with E-state index < -0.39 is 24.3 Å². The summed E-state index contributed by atoms with van der Waals surface area (Å²) in [5.74, 6) is -1.00. The molecule has 0 atom stereocenters. The SMILES string of the molecule is Cc1nc(C=C(CO)B2OC(C)(C)C(C)(C)O2)sc1C(=O)O. The van der Waals surface area contributed by atoms with Gasteiger partial charge in [-0.2, -0.15) is 0 Å². The molecule has 0 spiro atoms. The number of carboxylic acids is 1. The fourth-order valence-electron chi connectivity index (χ4n) is 2.02. The highest BCUT2D eigenvalue weighted by molar-refractivity contribution is 7.14. The largest absolute Gasteiger partial charge is 0.493 e. The van der Waals surface area contributed by atoms with E-state index in [1.165, 1.54) is 0 Å². The van der Waals surface area contributed by atoms with E-state index in [1.807, 2.05) is 27.7 Å². The topological polar surface area (TPSA) is 88.9 Å². The van der Waals surface area contributed by atoms with Crippen molar-refractivity contribution in [2.24, 2.45) is 0 Å². The molecule has 1 fully saturated rings. The summed E-state index contributed by atoms with van der Waals surface area (Å²) in [6, 6.07) is 0. The Bertz CT molecular complexity index is 607. The lowest BCUT2D eigenvalue weighted by Gasteiger charge is -2.32. The second kappa shape index (κ2) is 5.77. The lowest BCUT2D eigenvalue weighted by atomic mass is 9.78. The Balaban J connectivity index is 2.29. The highest BCUT2D eigenvalue weighted by Crippen LogP contribution is 2.38. The van der Waals surface area contributed by atoms with Crippen LogP contribution in [0.25, 0.3) is 6.08 Å². The zero-order valence-electron chi connectivity index (χ0n) is 13.3. The van der Waals surface area contributed by atoms with Crippen LogP contribution in [0.1, 0.15) is 48.1 Å². The molecule has 1 aliphatic heterocycles. The monoisotopic (exact) mass is 325 g/mol. The van der Waals surface area contributed by atoms with Gasteiger partial charge in [0.1, 0.15) is 9.88 Å². The summed E-state index contributed by atoms with van der Waals surface area (Å²) >= 11 is 1.06. The molecule has 0 amide bonds. The van der Waals surface area contributed by atoms with Crippen molar-refractivity contribution in [1.82, 2.24) is 4.98 Å². The molecule has 22 heavy (non-hydrogen) atoms. The Kier molecular flexibility index (Phi) is 4.50. The van der Waals surface area contributed by atoms with Gasteiger partial charge in [-0.1, -0.05) is 0 Å². The third-order valence-corrected chi connectivity index (χ3v) is 5.15. The molecular weight excluding hydrogens is 305 g/mol. The third-order valence-electron chi connectivity index (χ3n) is 4.05. The molecule has 0 bridgehead atoms. The van der Waals surface area contributed by atoms with Crippen molar-refractivity contribution in [1.29, 1.82) is 0 Å². The van der Waals surface area contributed by atoms with Gasteiger partial charge in [0.25, 0.3) is 0 Å². The molecule has 0 radical (unpaired) electrons. The normalized spacial score (nSPS) is 20.5. The second-order valence-corrected chi connectivity index (χ2v) is 7.27. The highest BCUT2D eigenvalue weighted by Gasteiger charge is 2.52. The second-order valence-electron chi connectivity index (χ2n) is 6.24. The van der Waals surface area contributed by atoms with Gasteiger partial charge in [-0.3, -0.25) is 0 Å². The third kappa shape index (κ3) is 3.10. The van der Waals surface area contributed by atoms with E-state index in [2.05, 4.69) is 4.98 Å². The summed E-state index contributed by atoms with van der Waals surface area (Å²) in [6.45, 7) is 9.11. The van der Waals surface area contributed by atoms with Crippen molar-refractivity contribution in [2.45, 2.75) is 45.8 Å². The van der Waals surface area contributed by atoms with E-state index in [9.17, 15) is 9.90 Å². The standard InChI is InChI=1S/C14H20BNO5S/c1-8-11(12(18)19)22-10(16-8)6-9(7-17)15-20-13(2,3)14(4,5)21-15/h6,17H,7H2,1-5H3,(H,18,19). The van der Waals surface area contributed by atoms with Crippen LogP contribution in [0.4, 0.5) is 0 Å². The number of carboxylic acid groups (broad SMARTS) is 1. The lowest BCUT2D eigenvalue weighted by molar-refractivity contribution is 0.00578. The average molecular weight is 325 g/mol. The van der Waals surface area contributed by atoms with Gasteiger partial charge in [-0.05, 0) is 46.2 Å². The van der Waals surface area contributed by atoms with Crippen LogP contribution >= 0.6 is 11.3 Å². The maximum atomic E-state index is 11.1. The van der Waals surface area contributed by atoms with E-state index in [0.29, 0.717) is 16.2 Å². The zero-order valence-corrected chi connectivity index (χ0v) is 14.2. The molecule has 0 aliphatic carbocycles. The van der Waals surface area contributed by atoms with Gasteiger partial charge in [-0.25, -0.2) is 9.78 Å². The first-order chi connectivity index (χ1) is 10.1. The summed E-state index contributed by atoms with van der Waals surface area (Å²) in [5.41, 5.74) is -0.0345. The van der Waals surface area contributed by atoms with Crippen LogP contribution in [0.5, 0.6) is 0 Å². The average Bonchev–Trinajstić information content (AvgIpc) is 2.84. The number of aryl methyl sites for hydroxylation is 1. The molecule has 2 heterocycles. The molecule has 2 rings (SSSR count). The van der Waals surface area contributed by atoms with Gasteiger partial charge in [0.05, 0.1) is 23.5 Å². The van der Waals surface area contributed by atoms with E-state index >= 15 is 0 Å². The minimum atomic E-state index is -1.00. The molecule has 1 aliphatic rings. The Hall–Kier alpha value is -1.22. The summed E-state index contributed by atoms with van der Waals surface area (Å²) < 4.78 is 11.8. The molecule has 0 unspecified atom stereocenters. The number of carbonyl (C=O) groups is 1. The van der Waals surface area contributed by atoms with Crippen LogP contribution in [-0.4, -0.2) is 46.1 Å². The van der Waals surface area contributed by atoms with E-state index in [4.69, 9.17) is 14.4 Å². The number of thiazole rings is 1. The minimum absolute atomic E-state index is 0.192. The first-order valence-corrected chi connectivity index (χ1v) is 7.77. The summed E-state index contributed by atoms with van der Waals surface area (Å²) in [5, 5.41) is 19.2. The lowest BCUT2D eigenvalue weighted by Crippen LogP contribution is -2.41. The van der Waals surface area contributed by atoms with Gasteiger partial charge in [0.2, 0.25) is 0 Å². The van der Waals surface area contributed by atoms with Crippen LogP contribution in [0.3, 0.4) is 0 Å². The molecule has 8 heteroatoms. The molecule has 0 aromatic carbocycles. The fraction of sp³-hybridized carbons (Fsp3) is 0.571. The van der Waals surface area contributed by atoms with Gasteiger partial charge in [0.15, 0.2) is 0 Å². The molecule has 0 saturated carbocycles. The number of hydrogen-bond acceptors (Lipinski definition) is 6. The summed E-state index contributed by atoms with van der Waals surface area (Å²) in [7, 11) is -0.674. The highest BCUT2D eigenvalue weighted by atomic mass is 32.1. The first-order valence-electron chi connectivity index (χ1n) is 6.95. The molecular formula is C14H20BNO5S. The van der Waals surface area contributed by atoms with Crippen molar-refractivity contribution in [3.05, 3.63) is 21.1 Å². The van der Waals surface area contributed by atoms with Crippen LogP contribution in [0.2, 0.25) is 0 Å². The molecule has 120 valence electrons. The van der Waals surface area contributed by atoms with Crippen LogP contribution < -0.4 is 0 Å². The van der Waals surface area contributed by atoms with Gasteiger partial charge < -0.3 is 19.5 Å². The summed E-state index contributed by atoms with van der Waals surface area (Å²) in [4.78, 5) is 15.5. The van der Waals surface area contributed by atoms with Crippen molar-refractivity contribution >= 4 is 30.5 Å². The number of aliphatic hydroxyl groups is 1. The summed E-state index contributed by atoms with van der Waals surface area (Å²) in [6.07, 6.45) is 1.63. The Morgan fingerprint density at radius 1 is 1.32 bits per heavy atom. The Morgan fingerprint density at radius 3 is 2.27 bits per heavy atom. The van der Waals surface area contributed by atoms with Crippen LogP contribution in [0.15, 0.2) is 5.47 Å². The Morgan fingerprint density at radius 2 is 1.86 bits per heavy atom. The number of hydrogen-bond donors (Lipinski definition) is 2. The maximum absolute atomic E-state index is 11.1. The molecule has 1 aromatic heterocycles. The van der Waals surface area contributed by atoms with Crippen LogP contribution in [0, 0.1) is 6.92 Å². The van der Waals surface area contributed by atoms with Gasteiger partial charge >= 0.3 is 13.1 Å². The van der Waals surface area contributed by atoms with Gasteiger partial charge in [-0.15, -0.1) is 11.3 Å². The molecule has 1 aromatic rings. The number of aliphatic hydroxyl groups excluding tert-OH is 1. The van der Waals surface area contributed by atoms with Crippen molar-refractivity contribution in [2.75, 3.05) is 6.61 Å². The van der Waals surface area contributed by atoms with E-state index in [1.54, 1.807) is 13.0 Å². The predicted molar refractivity (Wildman–Crippen MR) is 85.0 cm³/mol. The number of nitrogens with zero attached hydrogens (tertiary/aromatic N) is 1. The molecule has 1 saturated heterocycles. The fourth-order valence-corrected chi connectivity index (χ4v) is 2.90. The molecule has 6 nitrogen and oxygen atoms in total.